The molecule has 0 aliphatic carbocycles. The quantitative estimate of drug-likeness (QED) is 0.790. The van der Waals surface area contributed by atoms with E-state index in [1.54, 1.807) is 19.1 Å². The third-order valence-electron chi connectivity index (χ3n) is 2.35. The Morgan fingerprint density at radius 3 is 2.16 bits per heavy atom. The van der Waals surface area contributed by atoms with Crippen molar-refractivity contribution < 1.29 is 17.9 Å². The normalized spacial score (nSPS) is 13.0. The van der Waals surface area contributed by atoms with Crippen molar-refractivity contribution in [3.05, 3.63) is 24.3 Å². The molecule has 0 amide bonds. The third kappa shape index (κ3) is 7.03. The van der Waals surface area contributed by atoms with Crippen molar-refractivity contribution >= 4 is 10.0 Å². The lowest BCUT2D eigenvalue weighted by Gasteiger charge is -2.12. The van der Waals surface area contributed by atoms with Gasteiger partial charge in [-0.25, -0.2) is 13.6 Å². The van der Waals surface area contributed by atoms with Gasteiger partial charge < -0.3 is 9.47 Å². The molecule has 0 heterocycles. The molecule has 108 valence electrons. The maximum absolute atomic E-state index is 10.9. The molecule has 0 saturated heterocycles. The second-order valence-electron chi connectivity index (χ2n) is 4.57. The predicted molar refractivity (Wildman–Crippen MR) is 74.9 cm³/mol. The van der Waals surface area contributed by atoms with Crippen molar-refractivity contribution in [2.24, 2.45) is 11.1 Å². The number of rotatable bonds is 8. The predicted octanol–water partition coefficient (Wildman–Crippen LogP) is 1.78. The molecule has 5 nitrogen and oxygen atoms in total. The van der Waals surface area contributed by atoms with E-state index in [1.807, 2.05) is 19.1 Å². The van der Waals surface area contributed by atoms with Crippen LogP contribution in [0.1, 0.15) is 20.3 Å². The molecular weight excluding hydrogens is 266 g/mol. The van der Waals surface area contributed by atoms with Gasteiger partial charge in [0.25, 0.3) is 0 Å². The van der Waals surface area contributed by atoms with Gasteiger partial charge in [-0.1, -0.05) is 13.8 Å². The van der Waals surface area contributed by atoms with E-state index in [0.717, 1.165) is 12.2 Å². The van der Waals surface area contributed by atoms with Gasteiger partial charge in [0.15, 0.2) is 0 Å². The van der Waals surface area contributed by atoms with Crippen LogP contribution in [0.2, 0.25) is 0 Å². The Balaban J connectivity index is 2.41. The summed E-state index contributed by atoms with van der Waals surface area (Å²) in [6.07, 6.45) is 0.962. The van der Waals surface area contributed by atoms with Gasteiger partial charge in [-0.15, -0.1) is 0 Å². The van der Waals surface area contributed by atoms with Crippen LogP contribution in [-0.4, -0.2) is 27.4 Å². The van der Waals surface area contributed by atoms with Gasteiger partial charge in [-0.3, -0.25) is 0 Å². The largest absolute Gasteiger partial charge is 0.494 e. The van der Waals surface area contributed by atoms with Crippen LogP contribution in [0.4, 0.5) is 0 Å². The molecule has 1 aromatic carbocycles. The SMILES string of the molecule is CCCOc1ccc(OCC(C)CS(N)(=O)=O)cc1. The Kier molecular flexibility index (Phi) is 6.11. The van der Waals surface area contributed by atoms with E-state index in [4.69, 9.17) is 14.6 Å². The highest BCUT2D eigenvalue weighted by Crippen LogP contribution is 2.18. The van der Waals surface area contributed by atoms with Crippen molar-refractivity contribution in [2.45, 2.75) is 20.3 Å². The second-order valence-corrected chi connectivity index (χ2v) is 6.22. The first-order valence-electron chi connectivity index (χ1n) is 6.27. The lowest BCUT2D eigenvalue weighted by molar-refractivity contribution is 0.270. The summed E-state index contributed by atoms with van der Waals surface area (Å²) in [5, 5.41) is 4.97. The van der Waals surface area contributed by atoms with Crippen LogP contribution in [0.15, 0.2) is 24.3 Å². The number of primary sulfonamides is 1. The fourth-order valence-electron chi connectivity index (χ4n) is 1.54. The highest BCUT2D eigenvalue weighted by Gasteiger charge is 2.11. The first kappa shape index (κ1) is 15.8. The van der Waals surface area contributed by atoms with E-state index in [0.29, 0.717) is 19.0 Å². The fraction of sp³-hybridized carbons (Fsp3) is 0.538. The fourth-order valence-corrected chi connectivity index (χ4v) is 2.42. The number of benzene rings is 1. The van der Waals surface area contributed by atoms with Crippen LogP contribution in [0.3, 0.4) is 0 Å². The lowest BCUT2D eigenvalue weighted by atomic mass is 10.2. The second kappa shape index (κ2) is 7.35. The van der Waals surface area contributed by atoms with Crippen molar-refractivity contribution in [1.82, 2.24) is 0 Å². The van der Waals surface area contributed by atoms with Gasteiger partial charge in [0, 0.05) is 5.92 Å². The molecule has 0 aromatic heterocycles. The molecule has 0 fully saturated rings. The molecule has 0 aliphatic rings. The zero-order valence-corrected chi connectivity index (χ0v) is 12.2. The Morgan fingerprint density at radius 2 is 1.68 bits per heavy atom. The maximum atomic E-state index is 10.9. The van der Waals surface area contributed by atoms with Gasteiger partial charge >= 0.3 is 0 Å². The monoisotopic (exact) mass is 287 g/mol. The van der Waals surface area contributed by atoms with Crippen LogP contribution in [-0.2, 0) is 10.0 Å². The van der Waals surface area contributed by atoms with Crippen LogP contribution in [0, 0.1) is 5.92 Å². The average Bonchev–Trinajstić information content (AvgIpc) is 2.33. The van der Waals surface area contributed by atoms with Crippen LogP contribution in [0.5, 0.6) is 11.5 Å². The first-order chi connectivity index (χ1) is 8.90. The number of sulfonamides is 1. The molecule has 6 heteroatoms. The minimum Gasteiger partial charge on any atom is -0.494 e. The maximum Gasteiger partial charge on any atom is 0.209 e. The standard InChI is InChI=1S/C13H21NO4S/c1-3-8-17-12-4-6-13(7-5-12)18-9-11(2)10-19(14,15)16/h4-7,11H,3,8-10H2,1-2H3,(H2,14,15,16). The summed E-state index contributed by atoms with van der Waals surface area (Å²) in [5.74, 6) is 1.26. The van der Waals surface area contributed by atoms with E-state index in [-0.39, 0.29) is 11.7 Å². The summed E-state index contributed by atoms with van der Waals surface area (Å²) in [6.45, 7) is 4.82. The van der Waals surface area contributed by atoms with Gasteiger partial charge in [-0.2, -0.15) is 0 Å². The zero-order valence-electron chi connectivity index (χ0n) is 11.3. The molecule has 0 radical (unpaired) electrons. The number of ether oxygens (including phenoxy) is 2. The summed E-state index contributed by atoms with van der Waals surface area (Å²) in [6, 6.07) is 7.26. The Hall–Kier alpha value is -1.27. The zero-order chi connectivity index (χ0) is 14.3. The highest BCUT2D eigenvalue weighted by molar-refractivity contribution is 7.89. The van der Waals surface area contributed by atoms with E-state index >= 15 is 0 Å². The van der Waals surface area contributed by atoms with E-state index in [9.17, 15) is 8.42 Å². The lowest BCUT2D eigenvalue weighted by Crippen LogP contribution is -2.25. The van der Waals surface area contributed by atoms with Crippen LogP contribution < -0.4 is 14.6 Å². The molecule has 0 bridgehead atoms. The van der Waals surface area contributed by atoms with Gasteiger partial charge in [0.05, 0.1) is 19.0 Å². The molecule has 0 spiro atoms. The van der Waals surface area contributed by atoms with Gasteiger partial charge in [0.1, 0.15) is 11.5 Å². The highest BCUT2D eigenvalue weighted by atomic mass is 32.2. The van der Waals surface area contributed by atoms with E-state index < -0.39 is 10.0 Å². The molecule has 0 aliphatic heterocycles. The molecule has 19 heavy (non-hydrogen) atoms. The minimum atomic E-state index is -3.44. The first-order valence-corrected chi connectivity index (χ1v) is 7.98. The average molecular weight is 287 g/mol. The van der Waals surface area contributed by atoms with Crippen LogP contribution in [0.25, 0.3) is 0 Å². The summed E-state index contributed by atoms with van der Waals surface area (Å²) in [4.78, 5) is 0. The van der Waals surface area contributed by atoms with E-state index in [2.05, 4.69) is 0 Å². The van der Waals surface area contributed by atoms with Gasteiger partial charge in [-0.05, 0) is 30.7 Å². The number of hydrogen-bond acceptors (Lipinski definition) is 4. The molecule has 2 N–H and O–H groups in total. The summed E-state index contributed by atoms with van der Waals surface area (Å²) < 4.78 is 32.8. The van der Waals surface area contributed by atoms with Crippen molar-refractivity contribution in [1.29, 1.82) is 0 Å². The molecule has 1 atom stereocenters. The Morgan fingerprint density at radius 1 is 1.16 bits per heavy atom. The van der Waals surface area contributed by atoms with Crippen LogP contribution >= 0.6 is 0 Å². The van der Waals surface area contributed by atoms with E-state index in [1.165, 1.54) is 0 Å². The summed E-state index contributed by atoms with van der Waals surface area (Å²) in [7, 11) is -3.44. The van der Waals surface area contributed by atoms with Crippen molar-refractivity contribution in [2.75, 3.05) is 19.0 Å². The molecule has 0 saturated carbocycles. The van der Waals surface area contributed by atoms with Crippen molar-refractivity contribution in [3.63, 3.8) is 0 Å². The number of nitrogens with two attached hydrogens (primary N) is 1. The smallest absolute Gasteiger partial charge is 0.209 e. The summed E-state index contributed by atoms with van der Waals surface area (Å²) >= 11 is 0. The molecule has 1 unspecified atom stereocenters. The topological polar surface area (TPSA) is 78.6 Å². The molecule has 1 aromatic rings. The Bertz CT molecular complexity index is 470. The number of hydrogen-bond donors (Lipinski definition) is 1. The molecular formula is C13H21NO4S. The van der Waals surface area contributed by atoms with Gasteiger partial charge in [0.2, 0.25) is 10.0 Å². The third-order valence-corrected chi connectivity index (χ3v) is 3.38. The minimum absolute atomic E-state index is 0.0787. The van der Waals surface area contributed by atoms with Crippen molar-refractivity contribution in [3.8, 4) is 11.5 Å². The molecule has 1 rings (SSSR count). The summed E-state index contributed by atoms with van der Waals surface area (Å²) in [5.41, 5.74) is 0. The Labute approximate surface area is 114 Å².